The zero-order valence-corrected chi connectivity index (χ0v) is 29.7. The number of aliphatic carboxylic acids is 2. The highest BCUT2D eigenvalue weighted by atomic mass is 19.4. The van der Waals surface area contributed by atoms with Crippen molar-refractivity contribution in [1.29, 1.82) is 0 Å². The molecule has 0 bridgehead atoms. The second-order valence-electron chi connectivity index (χ2n) is 12.5. The number of carboxylic acid groups (broad SMARTS) is 2. The van der Waals surface area contributed by atoms with Crippen LogP contribution in [0.3, 0.4) is 0 Å². The van der Waals surface area contributed by atoms with Gasteiger partial charge < -0.3 is 29.2 Å². The Morgan fingerprint density at radius 1 is 0.683 bits per heavy atom. The van der Waals surface area contributed by atoms with Gasteiger partial charge >= 0.3 is 37.0 Å². The number of carbonyl (C=O) groups is 2. The zero-order valence-electron chi connectivity index (χ0n) is 29.7. The lowest BCUT2D eigenvalue weighted by atomic mass is 9.83. The number of rotatable bonds is 7. The summed E-state index contributed by atoms with van der Waals surface area (Å²) in [5.41, 5.74) is -5.43. The Balaban J connectivity index is 0.000000228. The van der Waals surface area contributed by atoms with E-state index in [1.54, 1.807) is 60.7 Å². The molecule has 2 unspecified atom stereocenters. The number of benzene rings is 4. The van der Waals surface area contributed by atoms with Gasteiger partial charge in [-0.05, 0) is 66.6 Å². The summed E-state index contributed by atoms with van der Waals surface area (Å²) in [5.74, 6) is -1.15. The van der Waals surface area contributed by atoms with Gasteiger partial charge in [-0.15, -0.1) is 26.3 Å². The van der Waals surface area contributed by atoms with Gasteiger partial charge in [0.2, 0.25) is 11.7 Å². The summed E-state index contributed by atoms with van der Waals surface area (Å²) in [4.78, 5) is 22.9. The molecule has 2 atom stereocenters. The van der Waals surface area contributed by atoms with Crippen LogP contribution in [0.5, 0.6) is 23.0 Å². The minimum Gasteiger partial charge on any atom is -0.478 e. The van der Waals surface area contributed by atoms with Crippen molar-refractivity contribution in [3.05, 3.63) is 130 Å². The van der Waals surface area contributed by atoms with Gasteiger partial charge in [0.05, 0.1) is 16.7 Å². The molecular formula is C40H24F12O8. The third-order valence-corrected chi connectivity index (χ3v) is 8.34. The van der Waals surface area contributed by atoms with Crippen molar-refractivity contribution >= 4 is 24.1 Å². The fraction of sp³-hybridized carbons (Fsp3) is 0.200. The van der Waals surface area contributed by atoms with E-state index in [-0.39, 0.29) is 23.1 Å². The van der Waals surface area contributed by atoms with Crippen molar-refractivity contribution < 1.29 is 91.4 Å². The smallest absolute Gasteiger partial charge is 0.478 e. The summed E-state index contributed by atoms with van der Waals surface area (Å²) in [6.45, 7) is 0. The minimum atomic E-state index is -5.11. The molecule has 60 heavy (non-hydrogen) atoms. The van der Waals surface area contributed by atoms with Crippen molar-refractivity contribution in [1.82, 2.24) is 0 Å². The van der Waals surface area contributed by atoms with Crippen LogP contribution < -0.4 is 18.9 Å². The van der Waals surface area contributed by atoms with Crippen molar-refractivity contribution in [3.8, 4) is 34.8 Å². The van der Waals surface area contributed by atoms with Gasteiger partial charge in [-0.3, -0.25) is 0 Å². The summed E-state index contributed by atoms with van der Waals surface area (Å²) in [7, 11) is 0. The van der Waals surface area contributed by atoms with Crippen molar-refractivity contribution in [2.45, 2.75) is 49.6 Å². The van der Waals surface area contributed by atoms with E-state index in [4.69, 9.17) is 14.6 Å². The highest BCUT2D eigenvalue weighted by molar-refractivity contribution is 5.97. The lowest BCUT2D eigenvalue weighted by Gasteiger charge is -2.39. The fourth-order valence-electron chi connectivity index (χ4n) is 5.83. The second-order valence-corrected chi connectivity index (χ2v) is 12.5. The summed E-state index contributed by atoms with van der Waals surface area (Å²) < 4.78 is 175. The lowest BCUT2D eigenvalue weighted by Crippen LogP contribution is -2.55. The normalized spacial score (nSPS) is 17.3. The molecule has 4 aromatic carbocycles. The van der Waals surface area contributed by atoms with E-state index in [1.807, 2.05) is 0 Å². The average molecular weight is 861 g/mol. The molecule has 0 amide bonds. The molecule has 2 N–H and O–H groups in total. The number of fused-ring (bicyclic) bond motifs is 2. The van der Waals surface area contributed by atoms with Crippen LogP contribution >= 0.6 is 0 Å². The van der Waals surface area contributed by atoms with Gasteiger partial charge in [0, 0.05) is 23.1 Å². The molecule has 0 fully saturated rings. The third-order valence-electron chi connectivity index (χ3n) is 8.34. The molecule has 0 saturated heterocycles. The molecule has 4 aromatic rings. The molecule has 316 valence electrons. The molecule has 20 heteroatoms. The van der Waals surface area contributed by atoms with Crippen LogP contribution in [0.2, 0.25) is 0 Å². The zero-order chi connectivity index (χ0) is 44.3. The first-order chi connectivity index (χ1) is 27.8. The lowest BCUT2D eigenvalue weighted by molar-refractivity contribution is -0.275. The average Bonchev–Trinajstić information content (AvgIpc) is 3.14. The Labute approximate surface area is 329 Å². The van der Waals surface area contributed by atoms with Crippen LogP contribution in [0.25, 0.3) is 12.2 Å². The summed E-state index contributed by atoms with van der Waals surface area (Å²) >= 11 is 0. The van der Waals surface area contributed by atoms with E-state index in [2.05, 4.69) is 21.3 Å². The third kappa shape index (κ3) is 10.8. The van der Waals surface area contributed by atoms with Crippen LogP contribution in [-0.4, -0.2) is 58.9 Å². The van der Waals surface area contributed by atoms with Crippen LogP contribution in [0.1, 0.15) is 34.2 Å². The van der Waals surface area contributed by atoms with E-state index in [1.165, 1.54) is 0 Å². The second kappa shape index (κ2) is 16.8. The quantitative estimate of drug-likeness (QED) is 0.140. The number of hydrogen-bond acceptors (Lipinski definition) is 6. The van der Waals surface area contributed by atoms with Crippen molar-refractivity contribution in [2.24, 2.45) is 0 Å². The van der Waals surface area contributed by atoms with Crippen LogP contribution in [0.4, 0.5) is 52.7 Å². The molecule has 0 aromatic heterocycles. The van der Waals surface area contributed by atoms with Gasteiger partial charge in [-0.1, -0.05) is 60.4 Å². The standard InChI is InChI=1S/C20H10F6O4.C20H14F6O4/c21-19(22,23)17-15(18(27)28)10-13-9-14(30-20(24,25)26)8-12(16(13)29-17)7-6-11-4-2-1-3-5-11;21-19(22,23)18(9-8-12-4-2-1-3-5-12)15(17(27)28)11-13-10-14(29-20(24,25)26)6-7-16(13)30-18/h1-5,8-10,17H,(H,27,28);1-7,10-11H,8-9H2,(H,27,28). The van der Waals surface area contributed by atoms with E-state index in [9.17, 15) is 67.4 Å². The highest BCUT2D eigenvalue weighted by Crippen LogP contribution is 2.49. The molecule has 0 aliphatic carbocycles. The molecule has 2 heterocycles. The van der Waals surface area contributed by atoms with E-state index in [0.29, 0.717) is 23.3 Å². The van der Waals surface area contributed by atoms with Gasteiger partial charge in [0.1, 0.15) is 23.0 Å². The molecule has 8 nitrogen and oxygen atoms in total. The maximum Gasteiger partial charge on any atom is 0.573 e. The maximum absolute atomic E-state index is 14.1. The van der Waals surface area contributed by atoms with Crippen LogP contribution in [0.15, 0.2) is 102 Å². The van der Waals surface area contributed by atoms with Gasteiger partial charge in [-0.25, -0.2) is 9.59 Å². The number of alkyl halides is 12. The van der Waals surface area contributed by atoms with Gasteiger partial charge in [0.25, 0.3) is 0 Å². The summed E-state index contributed by atoms with van der Waals surface area (Å²) in [6.07, 6.45) is -22.7. The first-order valence-electron chi connectivity index (χ1n) is 16.7. The fourth-order valence-corrected chi connectivity index (χ4v) is 5.83. The SMILES string of the molecule is O=C(O)C1=Cc2cc(OC(F)(F)F)cc(C#Cc3ccccc3)c2OC1C(F)(F)F.O=C(O)C1=Cc2cc(OC(F)(F)F)ccc2OC1(CCc1ccccc1)C(F)(F)F. The first kappa shape index (κ1) is 44.3. The summed E-state index contributed by atoms with van der Waals surface area (Å²) in [5, 5.41) is 18.5. The number of halogens is 12. The Bertz CT molecular complexity index is 2360. The van der Waals surface area contributed by atoms with E-state index < -0.39 is 89.3 Å². The predicted octanol–water partition coefficient (Wildman–Crippen LogP) is 10.2. The monoisotopic (exact) mass is 860 g/mol. The molecule has 2 aliphatic rings. The number of aryl methyl sites for hydroxylation is 1. The number of ether oxygens (including phenoxy) is 4. The molecule has 6 rings (SSSR count). The maximum atomic E-state index is 14.1. The van der Waals surface area contributed by atoms with Crippen molar-refractivity contribution in [2.75, 3.05) is 0 Å². The molecule has 2 aliphatic heterocycles. The van der Waals surface area contributed by atoms with Crippen LogP contribution in [0, 0.1) is 11.8 Å². The Morgan fingerprint density at radius 3 is 1.82 bits per heavy atom. The Kier molecular flexibility index (Phi) is 12.4. The van der Waals surface area contributed by atoms with E-state index in [0.717, 1.165) is 30.3 Å². The highest BCUT2D eigenvalue weighted by Gasteiger charge is 2.62. The first-order valence-corrected chi connectivity index (χ1v) is 16.7. The predicted molar refractivity (Wildman–Crippen MR) is 185 cm³/mol. The molecule has 0 radical (unpaired) electrons. The minimum absolute atomic E-state index is 0.143. The Morgan fingerprint density at radius 2 is 1.27 bits per heavy atom. The number of carboxylic acids is 2. The number of hydrogen-bond donors (Lipinski definition) is 2. The van der Waals surface area contributed by atoms with Gasteiger partial charge in [-0.2, -0.15) is 26.3 Å². The van der Waals surface area contributed by atoms with E-state index >= 15 is 0 Å². The molecule has 0 spiro atoms. The molecule has 0 saturated carbocycles. The van der Waals surface area contributed by atoms with Crippen molar-refractivity contribution in [3.63, 3.8) is 0 Å². The molecular weight excluding hydrogens is 836 g/mol. The van der Waals surface area contributed by atoms with Gasteiger partial charge in [0.15, 0.2) is 0 Å². The largest absolute Gasteiger partial charge is 0.573 e. The summed E-state index contributed by atoms with van der Waals surface area (Å²) in [6, 6.07) is 20.2. The Hall–Kier alpha value is -6.78. The topological polar surface area (TPSA) is 112 Å². The van der Waals surface area contributed by atoms with Crippen LogP contribution in [-0.2, 0) is 16.0 Å².